The van der Waals surface area contributed by atoms with Crippen LogP contribution >= 0.6 is 0 Å². The van der Waals surface area contributed by atoms with E-state index in [4.69, 9.17) is 19.9 Å². The average molecular weight is 416 g/mol. The lowest BCUT2D eigenvalue weighted by Gasteiger charge is -2.31. The summed E-state index contributed by atoms with van der Waals surface area (Å²) in [7, 11) is 0. The second kappa shape index (κ2) is 8.97. The summed E-state index contributed by atoms with van der Waals surface area (Å²) in [5.74, 6) is 1.21. The van der Waals surface area contributed by atoms with Gasteiger partial charge in [0.1, 0.15) is 24.0 Å². The molecule has 0 unspecified atom stereocenters. The normalized spacial score (nSPS) is 18.2. The molecule has 2 aromatic rings. The van der Waals surface area contributed by atoms with Crippen LogP contribution in [0.15, 0.2) is 71.3 Å². The van der Waals surface area contributed by atoms with Gasteiger partial charge in [0.25, 0.3) is 0 Å². The molecule has 0 bridgehead atoms. The Morgan fingerprint density at radius 2 is 1.94 bits per heavy atom. The van der Waals surface area contributed by atoms with E-state index in [1.807, 2.05) is 55.5 Å². The molecule has 4 rings (SSSR count). The minimum absolute atomic E-state index is 0.00568. The van der Waals surface area contributed by atoms with Gasteiger partial charge < -0.3 is 19.9 Å². The third-order valence-electron chi connectivity index (χ3n) is 5.44. The fraction of sp³-hybridized carbons (Fsp3) is 0.280. The number of benzene rings is 2. The Balaban J connectivity index is 1.71. The minimum Gasteiger partial charge on any atom is -0.490 e. The zero-order chi connectivity index (χ0) is 21.8. The molecule has 0 amide bonds. The predicted octanol–water partition coefficient (Wildman–Crippen LogP) is 4.48. The van der Waals surface area contributed by atoms with E-state index in [9.17, 15) is 10.1 Å². The van der Waals surface area contributed by atoms with Gasteiger partial charge in [-0.1, -0.05) is 36.4 Å². The SMILES string of the molecule is CCOc1cc([C@@H]2C(C#N)=C(N)OC3=C2C(=O)CCC3)ccc1OCc1ccccc1. The van der Waals surface area contributed by atoms with E-state index < -0.39 is 5.92 Å². The standard InChI is InChI=1S/C25H24N2O4/c1-2-29-22-13-17(11-12-20(22)30-15-16-7-4-3-5-8-16)23-18(14-26)25(27)31-21-10-6-9-19(28)24(21)23/h3-5,7-8,11-13,23H,2,6,9-10,15,27H2,1H3/t23-/m1/s1. The van der Waals surface area contributed by atoms with Crippen molar-refractivity contribution in [2.24, 2.45) is 5.73 Å². The number of nitrogens with zero attached hydrogens (tertiary/aromatic N) is 1. The van der Waals surface area contributed by atoms with Gasteiger partial charge in [-0.05, 0) is 36.6 Å². The minimum atomic E-state index is -0.566. The van der Waals surface area contributed by atoms with Gasteiger partial charge in [0.05, 0.1) is 12.5 Å². The molecule has 1 atom stereocenters. The number of carbonyl (C=O) groups is 1. The molecule has 2 aromatic carbocycles. The molecule has 0 fully saturated rings. The molecule has 1 heterocycles. The maximum atomic E-state index is 12.8. The van der Waals surface area contributed by atoms with Crippen molar-refractivity contribution in [2.75, 3.05) is 6.61 Å². The highest BCUT2D eigenvalue weighted by molar-refractivity contribution is 5.99. The molecule has 1 aliphatic carbocycles. The van der Waals surface area contributed by atoms with Crippen LogP contribution in [-0.2, 0) is 16.1 Å². The van der Waals surface area contributed by atoms with Crippen molar-refractivity contribution in [2.45, 2.75) is 38.7 Å². The number of ether oxygens (including phenoxy) is 3. The Labute approximate surface area is 181 Å². The van der Waals surface area contributed by atoms with E-state index in [1.54, 1.807) is 0 Å². The van der Waals surface area contributed by atoms with Crippen LogP contribution in [0.3, 0.4) is 0 Å². The summed E-state index contributed by atoms with van der Waals surface area (Å²) in [6, 6.07) is 17.5. The highest BCUT2D eigenvalue weighted by atomic mass is 16.5. The first-order valence-corrected chi connectivity index (χ1v) is 10.4. The predicted molar refractivity (Wildman–Crippen MR) is 115 cm³/mol. The zero-order valence-electron chi connectivity index (χ0n) is 17.4. The summed E-state index contributed by atoms with van der Waals surface area (Å²) in [6.45, 7) is 2.75. The zero-order valence-corrected chi connectivity index (χ0v) is 17.4. The van der Waals surface area contributed by atoms with Crippen molar-refractivity contribution in [3.63, 3.8) is 0 Å². The summed E-state index contributed by atoms with van der Waals surface area (Å²) < 4.78 is 17.5. The molecule has 0 spiro atoms. The fourth-order valence-electron chi connectivity index (χ4n) is 4.02. The molecule has 0 aromatic heterocycles. The molecule has 2 N–H and O–H groups in total. The molecule has 0 radical (unpaired) electrons. The van der Waals surface area contributed by atoms with E-state index >= 15 is 0 Å². The molecule has 31 heavy (non-hydrogen) atoms. The summed E-state index contributed by atoms with van der Waals surface area (Å²) in [5, 5.41) is 9.75. The highest BCUT2D eigenvalue weighted by Gasteiger charge is 2.38. The molecule has 0 saturated heterocycles. The smallest absolute Gasteiger partial charge is 0.205 e. The van der Waals surface area contributed by atoms with E-state index in [2.05, 4.69) is 6.07 Å². The van der Waals surface area contributed by atoms with Crippen LogP contribution in [0, 0.1) is 11.3 Å². The number of Topliss-reactive ketones (excluding diaryl/α,β-unsaturated/α-hetero) is 1. The van der Waals surface area contributed by atoms with E-state index in [-0.39, 0.29) is 17.2 Å². The monoisotopic (exact) mass is 416 g/mol. The third kappa shape index (κ3) is 4.13. The molecule has 2 aliphatic rings. The molecule has 1 aliphatic heterocycles. The number of nitrogens with two attached hydrogens (primary N) is 1. The quantitative estimate of drug-likeness (QED) is 0.746. The lowest BCUT2D eigenvalue weighted by Crippen LogP contribution is -2.27. The van der Waals surface area contributed by atoms with Crippen LogP contribution in [0.5, 0.6) is 11.5 Å². The largest absolute Gasteiger partial charge is 0.490 e. The average Bonchev–Trinajstić information content (AvgIpc) is 2.78. The maximum absolute atomic E-state index is 12.8. The van der Waals surface area contributed by atoms with Crippen LogP contribution in [-0.4, -0.2) is 12.4 Å². The van der Waals surface area contributed by atoms with Gasteiger partial charge in [-0.2, -0.15) is 5.26 Å². The number of rotatable bonds is 6. The van der Waals surface area contributed by atoms with Crippen molar-refractivity contribution < 1.29 is 19.0 Å². The van der Waals surface area contributed by atoms with Crippen molar-refractivity contribution in [1.29, 1.82) is 5.26 Å². The Bertz CT molecular complexity index is 1100. The number of ketones is 1. The second-order valence-corrected chi connectivity index (χ2v) is 7.45. The van der Waals surface area contributed by atoms with Crippen molar-refractivity contribution in [3.05, 3.63) is 82.4 Å². The van der Waals surface area contributed by atoms with Crippen molar-refractivity contribution in [1.82, 2.24) is 0 Å². The van der Waals surface area contributed by atoms with Crippen LogP contribution in [0.25, 0.3) is 0 Å². The van der Waals surface area contributed by atoms with Crippen molar-refractivity contribution in [3.8, 4) is 17.6 Å². The van der Waals surface area contributed by atoms with Crippen LogP contribution in [0.2, 0.25) is 0 Å². The van der Waals surface area contributed by atoms with Crippen LogP contribution in [0.4, 0.5) is 0 Å². The van der Waals surface area contributed by atoms with Crippen molar-refractivity contribution >= 4 is 5.78 Å². The van der Waals surface area contributed by atoms with E-state index in [0.29, 0.717) is 48.9 Å². The second-order valence-electron chi connectivity index (χ2n) is 7.45. The summed E-state index contributed by atoms with van der Waals surface area (Å²) >= 11 is 0. The fourth-order valence-corrected chi connectivity index (χ4v) is 4.02. The number of allylic oxidation sites excluding steroid dienone is 3. The lowest BCUT2D eigenvalue weighted by atomic mass is 9.77. The molecular weight excluding hydrogens is 392 g/mol. The molecular formula is C25H24N2O4. The topological polar surface area (TPSA) is 94.6 Å². The van der Waals surface area contributed by atoms with Crippen LogP contribution in [0.1, 0.15) is 43.2 Å². The maximum Gasteiger partial charge on any atom is 0.205 e. The first-order chi connectivity index (χ1) is 15.1. The summed E-state index contributed by atoms with van der Waals surface area (Å²) in [4.78, 5) is 12.8. The summed E-state index contributed by atoms with van der Waals surface area (Å²) in [5.41, 5.74) is 8.61. The first-order valence-electron chi connectivity index (χ1n) is 10.4. The van der Waals surface area contributed by atoms with Gasteiger partial charge in [-0.15, -0.1) is 0 Å². The van der Waals surface area contributed by atoms with Crippen LogP contribution < -0.4 is 15.2 Å². The van der Waals surface area contributed by atoms with Gasteiger partial charge in [-0.25, -0.2) is 0 Å². The highest BCUT2D eigenvalue weighted by Crippen LogP contribution is 2.45. The van der Waals surface area contributed by atoms with Gasteiger partial charge in [0.2, 0.25) is 5.88 Å². The molecule has 0 saturated carbocycles. The Kier molecular flexibility index (Phi) is 5.94. The summed E-state index contributed by atoms with van der Waals surface area (Å²) in [6.07, 6.45) is 1.79. The lowest BCUT2D eigenvalue weighted by molar-refractivity contribution is -0.116. The molecule has 158 valence electrons. The van der Waals surface area contributed by atoms with E-state index in [1.165, 1.54) is 0 Å². The molecule has 6 heteroatoms. The first kappa shape index (κ1) is 20.5. The number of carbonyl (C=O) groups excluding carboxylic acids is 1. The Hall–Kier alpha value is -3.72. The number of nitriles is 1. The number of hydrogen-bond acceptors (Lipinski definition) is 6. The number of hydrogen-bond donors (Lipinski definition) is 1. The Morgan fingerprint density at radius 1 is 1.13 bits per heavy atom. The molecule has 6 nitrogen and oxygen atoms in total. The third-order valence-corrected chi connectivity index (χ3v) is 5.44. The van der Waals surface area contributed by atoms with Gasteiger partial charge in [0.15, 0.2) is 17.3 Å². The Morgan fingerprint density at radius 3 is 2.68 bits per heavy atom. The van der Waals surface area contributed by atoms with E-state index in [0.717, 1.165) is 17.5 Å². The van der Waals surface area contributed by atoms with Gasteiger partial charge in [-0.3, -0.25) is 4.79 Å². The van der Waals surface area contributed by atoms with Gasteiger partial charge in [0, 0.05) is 18.4 Å². The van der Waals surface area contributed by atoms with Gasteiger partial charge >= 0.3 is 0 Å².